The third-order valence-electron chi connectivity index (χ3n) is 6.57. The van der Waals surface area contributed by atoms with Crippen molar-refractivity contribution < 1.29 is 13.6 Å². The second kappa shape index (κ2) is 12.9. The van der Waals surface area contributed by atoms with Crippen LogP contribution in [0.25, 0.3) is 27.0 Å². The van der Waals surface area contributed by atoms with Gasteiger partial charge in [0.25, 0.3) is 0 Å². The van der Waals surface area contributed by atoms with Crippen molar-refractivity contribution in [1.82, 2.24) is 0 Å². The van der Waals surface area contributed by atoms with Crippen molar-refractivity contribution in [2.75, 3.05) is 13.2 Å². The summed E-state index contributed by atoms with van der Waals surface area (Å²) < 4.78 is 24.4. The number of benzene rings is 2. The molecule has 3 aromatic rings. The van der Waals surface area contributed by atoms with Gasteiger partial charge in [0.1, 0.15) is 0 Å². The molecule has 0 fully saturated rings. The van der Waals surface area contributed by atoms with E-state index in [1.165, 1.54) is 25.8 Å². The average molecular weight is 606 g/mol. The molecule has 0 radical (unpaired) electrons. The van der Waals surface area contributed by atoms with E-state index in [-0.39, 0.29) is 10.8 Å². The number of thioether (sulfide) groups is 1. The first-order valence-electron chi connectivity index (χ1n) is 14.2. The molecule has 0 aliphatic carbocycles. The van der Waals surface area contributed by atoms with Gasteiger partial charge in [0.15, 0.2) is 0 Å². The summed E-state index contributed by atoms with van der Waals surface area (Å²) in [6, 6.07) is 22.8. The molecule has 0 amide bonds. The van der Waals surface area contributed by atoms with Gasteiger partial charge in [-0.3, -0.25) is 4.57 Å². The van der Waals surface area contributed by atoms with Crippen LogP contribution >= 0.6 is 30.7 Å². The highest BCUT2D eigenvalue weighted by molar-refractivity contribution is 8.06. The molecule has 3 nitrogen and oxygen atoms in total. The molecular formula is C35H42O3PS2+. The quantitative estimate of drug-likeness (QED) is 0.189. The molecule has 4 rings (SSSR count). The molecule has 1 aliphatic heterocycles. The lowest BCUT2D eigenvalue weighted by atomic mass is 9.91. The molecule has 41 heavy (non-hydrogen) atoms. The Hall–Kier alpha value is -2.27. The first-order valence-corrected chi connectivity index (χ1v) is 17.4. The monoisotopic (exact) mass is 605 g/mol. The number of rotatable bonds is 8. The van der Waals surface area contributed by atoms with Crippen LogP contribution in [-0.2, 0) is 13.6 Å². The van der Waals surface area contributed by atoms with Crippen molar-refractivity contribution in [2.24, 2.45) is 10.8 Å². The third-order valence-corrected chi connectivity index (χ3v) is 11.7. The minimum absolute atomic E-state index is 0.0673. The number of hydrogen-bond acceptors (Lipinski definition) is 4. The Morgan fingerprint density at radius 3 is 1.71 bits per heavy atom. The predicted molar refractivity (Wildman–Crippen MR) is 181 cm³/mol. The summed E-state index contributed by atoms with van der Waals surface area (Å²) in [7, 11) is -3.33. The molecular weight excluding hydrogens is 563 g/mol. The predicted octanol–water partition coefficient (Wildman–Crippen LogP) is 11.2. The van der Waals surface area contributed by atoms with Gasteiger partial charge in [-0.25, -0.2) is 0 Å². The highest BCUT2D eigenvalue weighted by Crippen LogP contribution is 2.49. The molecule has 0 saturated carbocycles. The Morgan fingerprint density at radius 1 is 0.756 bits per heavy atom. The summed E-state index contributed by atoms with van der Waals surface area (Å²) in [5.74, 6) is 0. The van der Waals surface area contributed by atoms with E-state index in [0.717, 1.165) is 16.0 Å². The van der Waals surface area contributed by atoms with E-state index in [9.17, 15) is 4.57 Å². The van der Waals surface area contributed by atoms with Crippen molar-refractivity contribution >= 4 is 42.1 Å². The normalized spacial score (nSPS) is 14.5. The van der Waals surface area contributed by atoms with E-state index in [2.05, 4.69) is 96.2 Å². The van der Waals surface area contributed by atoms with Crippen LogP contribution < -0.4 is 5.30 Å². The van der Waals surface area contributed by atoms with Gasteiger partial charge in [-0.15, -0.1) is 0 Å². The summed E-state index contributed by atoms with van der Waals surface area (Å²) in [5, 5.41) is 0.580. The standard InChI is InChI=1S/C35H42O3PS2/c1-9-37-39(36,38-10-2)29-18-16-28(17-19-29)31-22-25(21-30(40-31)27-14-12-11-13-15-27)20-26-23-32(34(3,4)5)41-33(24-26)35(6,7)8/h11-24H,9-10H2,1-8H3/q+1. The van der Waals surface area contributed by atoms with Crippen molar-refractivity contribution in [3.8, 4) is 20.9 Å². The van der Waals surface area contributed by atoms with Crippen LogP contribution in [0.15, 0.2) is 94.3 Å². The Kier molecular flexibility index (Phi) is 9.99. The van der Waals surface area contributed by atoms with Gasteiger partial charge in [0.05, 0.1) is 18.5 Å². The first kappa shape index (κ1) is 31.7. The molecule has 2 heterocycles. The Balaban J connectivity index is 1.83. The SMILES string of the molecule is CCOP(=O)(OCC)c1ccc(-c2cc(C=C3C=C(C(C)(C)C)SC(C(C)(C)C)=C3)cc(-c3ccccc3)[s+]2)cc1. The smallest absolute Gasteiger partial charge is 0.305 e. The molecule has 0 atom stereocenters. The van der Waals surface area contributed by atoms with Gasteiger partial charge in [-0.2, -0.15) is 0 Å². The van der Waals surface area contributed by atoms with Crippen LogP contribution in [0, 0.1) is 10.8 Å². The van der Waals surface area contributed by atoms with Crippen LogP contribution in [0.4, 0.5) is 0 Å². The minimum Gasteiger partial charge on any atom is -0.305 e. The number of allylic oxidation sites excluding steroid dienone is 5. The molecule has 0 saturated heterocycles. The maximum atomic E-state index is 13.3. The zero-order valence-electron chi connectivity index (χ0n) is 25.5. The van der Waals surface area contributed by atoms with Crippen molar-refractivity contribution in [2.45, 2.75) is 55.4 Å². The summed E-state index contributed by atoms with van der Waals surface area (Å²) in [6.45, 7) is 18.0. The zero-order chi connectivity index (χ0) is 29.8. The van der Waals surface area contributed by atoms with Gasteiger partial charge < -0.3 is 9.05 Å². The van der Waals surface area contributed by atoms with E-state index in [4.69, 9.17) is 9.05 Å². The molecule has 1 aliphatic rings. The fraction of sp³-hybridized carbons (Fsp3) is 0.343. The molecule has 0 spiro atoms. The van der Waals surface area contributed by atoms with E-state index in [1.54, 1.807) is 11.3 Å². The second-order valence-electron chi connectivity index (χ2n) is 12.1. The van der Waals surface area contributed by atoms with Crippen LogP contribution in [0.5, 0.6) is 0 Å². The molecule has 1 aromatic heterocycles. The van der Waals surface area contributed by atoms with Crippen molar-refractivity contribution in [3.63, 3.8) is 0 Å². The number of hydrogen-bond donors (Lipinski definition) is 0. The van der Waals surface area contributed by atoms with Gasteiger partial charge in [-0.1, -0.05) is 71.5 Å². The highest BCUT2D eigenvalue weighted by atomic mass is 32.2. The van der Waals surface area contributed by atoms with Crippen LogP contribution in [-0.4, -0.2) is 13.2 Å². The Bertz CT molecular complexity index is 1460. The van der Waals surface area contributed by atoms with E-state index in [0.29, 0.717) is 18.5 Å². The Morgan fingerprint density at radius 2 is 1.24 bits per heavy atom. The minimum atomic E-state index is -3.33. The van der Waals surface area contributed by atoms with Crippen molar-refractivity contribution in [1.29, 1.82) is 0 Å². The van der Waals surface area contributed by atoms with E-state index < -0.39 is 7.60 Å². The lowest BCUT2D eigenvalue weighted by molar-refractivity contribution is 0.230. The Labute approximate surface area is 255 Å². The molecule has 0 unspecified atom stereocenters. The van der Waals surface area contributed by atoms with Crippen LogP contribution in [0.1, 0.15) is 61.0 Å². The zero-order valence-corrected chi connectivity index (χ0v) is 28.0. The van der Waals surface area contributed by atoms with Gasteiger partial charge in [0.2, 0.25) is 21.1 Å². The van der Waals surface area contributed by atoms with E-state index >= 15 is 0 Å². The average Bonchev–Trinajstić information content (AvgIpc) is 2.92. The maximum Gasteiger partial charge on any atom is 0.361 e. The second-order valence-corrected chi connectivity index (χ2v) is 16.3. The lowest BCUT2D eigenvalue weighted by Gasteiger charge is -2.32. The maximum absolute atomic E-state index is 13.3. The fourth-order valence-electron chi connectivity index (χ4n) is 4.36. The summed E-state index contributed by atoms with van der Waals surface area (Å²) in [5.41, 5.74) is 4.74. The van der Waals surface area contributed by atoms with Gasteiger partial charge in [0, 0.05) is 23.3 Å². The van der Waals surface area contributed by atoms with Gasteiger partial charge in [-0.05, 0) is 100 Å². The topological polar surface area (TPSA) is 35.5 Å². The summed E-state index contributed by atoms with van der Waals surface area (Å²) in [6.07, 6.45) is 6.98. The van der Waals surface area contributed by atoms with Crippen LogP contribution in [0.3, 0.4) is 0 Å². The first-order chi connectivity index (χ1) is 19.3. The fourth-order valence-corrected chi connectivity index (χ4v) is 8.30. The molecule has 6 heteroatoms. The molecule has 0 N–H and O–H groups in total. The molecule has 0 bridgehead atoms. The largest absolute Gasteiger partial charge is 0.361 e. The van der Waals surface area contributed by atoms with Crippen LogP contribution in [0.2, 0.25) is 0 Å². The van der Waals surface area contributed by atoms with E-state index in [1.807, 2.05) is 55.9 Å². The van der Waals surface area contributed by atoms with Gasteiger partial charge >= 0.3 is 7.60 Å². The summed E-state index contributed by atoms with van der Waals surface area (Å²) >= 11 is 3.66. The molecule has 2 aromatic carbocycles. The van der Waals surface area contributed by atoms with Crippen molar-refractivity contribution in [3.05, 3.63) is 99.8 Å². The highest BCUT2D eigenvalue weighted by Gasteiger charge is 2.29. The lowest BCUT2D eigenvalue weighted by Crippen LogP contribution is -2.14. The summed E-state index contributed by atoms with van der Waals surface area (Å²) in [4.78, 5) is 5.08. The third kappa shape index (κ3) is 7.97. The molecule has 216 valence electrons.